The molecule has 1 unspecified atom stereocenters. The van der Waals surface area contributed by atoms with E-state index in [1.807, 2.05) is 18.2 Å². The summed E-state index contributed by atoms with van der Waals surface area (Å²) in [5.41, 5.74) is 0. The SMILES string of the molecule is COC(=O)C(CC1CCCCC1)Sc1ccccn1. The molecule has 19 heavy (non-hydrogen) atoms. The highest BCUT2D eigenvalue weighted by molar-refractivity contribution is 8.00. The summed E-state index contributed by atoms with van der Waals surface area (Å²) in [6, 6.07) is 5.78. The van der Waals surface area contributed by atoms with Gasteiger partial charge in [0.25, 0.3) is 0 Å². The van der Waals surface area contributed by atoms with Crippen LogP contribution in [0.15, 0.2) is 29.4 Å². The van der Waals surface area contributed by atoms with Crippen molar-refractivity contribution in [2.45, 2.75) is 48.8 Å². The zero-order valence-electron chi connectivity index (χ0n) is 11.4. The lowest BCUT2D eigenvalue weighted by Gasteiger charge is -2.24. The molecule has 0 saturated heterocycles. The van der Waals surface area contributed by atoms with Crippen molar-refractivity contribution in [2.24, 2.45) is 5.92 Å². The average Bonchev–Trinajstić information content (AvgIpc) is 2.48. The predicted octanol–water partition coefficient (Wildman–Crippen LogP) is 3.69. The van der Waals surface area contributed by atoms with E-state index in [9.17, 15) is 4.79 Å². The van der Waals surface area contributed by atoms with Crippen molar-refractivity contribution in [3.05, 3.63) is 24.4 Å². The highest BCUT2D eigenvalue weighted by atomic mass is 32.2. The van der Waals surface area contributed by atoms with Crippen molar-refractivity contribution in [3.8, 4) is 0 Å². The number of aromatic nitrogens is 1. The number of carbonyl (C=O) groups is 1. The molecule has 0 aliphatic heterocycles. The molecule has 3 nitrogen and oxygen atoms in total. The molecule has 1 aliphatic rings. The molecule has 2 rings (SSSR count). The Kier molecular flexibility index (Phi) is 5.70. The zero-order valence-corrected chi connectivity index (χ0v) is 12.2. The fourth-order valence-electron chi connectivity index (χ4n) is 2.61. The van der Waals surface area contributed by atoms with Crippen molar-refractivity contribution >= 4 is 17.7 Å². The van der Waals surface area contributed by atoms with Gasteiger partial charge in [-0.1, -0.05) is 49.9 Å². The first-order valence-electron chi connectivity index (χ1n) is 6.95. The van der Waals surface area contributed by atoms with Crippen molar-refractivity contribution in [1.82, 2.24) is 4.98 Å². The first-order chi connectivity index (χ1) is 9.29. The number of methoxy groups -OCH3 is 1. The quantitative estimate of drug-likeness (QED) is 0.609. The lowest BCUT2D eigenvalue weighted by atomic mass is 9.86. The number of rotatable bonds is 5. The molecule has 0 bridgehead atoms. The molecular weight excluding hydrogens is 258 g/mol. The summed E-state index contributed by atoms with van der Waals surface area (Å²) in [6.45, 7) is 0. The van der Waals surface area contributed by atoms with Gasteiger partial charge in [-0.05, 0) is 24.5 Å². The zero-order chi connectivity index (χ0) is 13.5. The monoisotopic (exact) mass is 279 g/mol. The van der Waals surface area contributed by atoms with E-state index < -0.39 is 0 Å². The van der Waals surface area contributed by atoms with Crippen molar-refractivity contribution < 1.29 is 9.53 Å². The highest BCUT2D eigenvalue weighted by Gasteiger charge is 2.26. The van der Waals surface area contributed by atoms with Gasteiger partial charge in [0.2, 0.25) is 0 Å². The Balaban J connectivity index is 1.97. The van der Waals surface area contributed by atoms with Crippen LogP contribution < -0.4 is 0 Å². The Morgan fingerprint density at radius 1 is 1.42 bits per heavy atom. The lowest BCUT2D eigenvalue weighted by Crippen LogP contribution is -2.23. The standard InChI is InChI=1S/C15H21NO2S/c1-18-15(17)13(11-12-7-3-2-4-8-12)19-14-9-5-6-10-16-14/h5-6,9-10,12-13H,2-4,7-8,11H2,1H3. The maximum atomic E-state index is 11.9. The van der Waals surface area contributed by atoms with Gasteiger partial charge < -0.3 is 4.74 Å². The number of hydrogen-bond donors (Lipinski definition) is 0. The fourth-order valence-corrected chi connectivity index (χ4v) is 3.74. The predicted molar refractivity (Wildman–Crippen MR) is 77.1 cm³/mol. The first-order valence-corrected chi connectivity index (χ1v) is 7.83. The van der Waals surface area contributed by atoms with E-state index in [0.717, 1.165) is 11.4 Å². The van der Waals surface area contributed by atoms with E-state index in [0.29, 0.717) is 5.92 Å². The Morgan fingerprint density at radius 2 is 2.21 bits per heavy atom. The molecule has 1 atom stereocenters. The van der Waals surface area contributed by atoms with E-state index in [2.05, 4.69) is 4.98 Å². The van der Waals surface area contributed by atoms with Crippen LogP contribution in [0, 0.1) is 5.92 Å². The molecule has 1 aromatic rings. The normalized spacial score (nSPS) is 17.9. The third-order valence-electron chi connectivity index (χ3n) is 3.64. The van der Waals surface area contributed by atoms with Gasteiger partial charge in [-0.25, -0.2) is 4.98 Å². The van der Waals surface area contributed by atoms with Gasteiger partial charge in [0, 0.05) is 6.20 Å². The minimum absolute atomic E-state index is 0.122. The maximum absolute atomic E-state index is 11.9. The van der Waals surface area contributed by atoms with Gasteiger partial charge in [0.05, 0.1) is 12.1 Å². The van der Waals surface area contributed by atoms with Crippen molar-refractivity contribution in [3.63, 3.8) is 0 Å². The van der Waals surface area contributed by atoms with Crippen LogP contribution in [0.25, 0.3) is 0 Å². The highest BCUT2D eigenvalue weighted by Crippen LogP contribution is 2.33. The first kappa shape index (κ1) is 14.4. The van der Waals surface area contributed by atoms with E-state index in [1.165, 1.54) is 51.0 Å². The second-order valence-corrected chi connectivity index (χ2v) is 6.26. The molecule has 0 radical (unpaired) electrons. The third-order valence-corrected chi connectivity index (χ3v) is 4.79. The summed E-state index contributed by atoms with van der Waals surface area (Å²) in [7, 11) is 1.47. The van der Waals surface area contributed by atoms with Crippen LogP contribution in [0.4, 0.5) is 0 Å². The molecule has 1 heterocycles. The Labute approximate surface area is 119 Å². The number of hydrogen-bond acceptors (Lipinski definition) is 4. The molecule has 0 aromatic carbocycles. The summed E-state index contributed by atoms with van der Waals surface area (Å²) >= 11 is 1.53. The molecular formula is C15H21NO2S. The maximum Gasteiger partial charge on any atom is 0.319 e. The van der Waals surface area contributed by atoms with Gasteiger partial charge >= 0.3 is 5.97 Å². The largest absolute Gasteiger partial charge is 0.468 e. The topological polar surface area (TPSA) is 39.2 Å². The van der Waals surface area contributed by atoms with Gasteiger partial charge in [-0.3, -0.25) is 4.79 Å². The molecule has 104 valence electrons. The molecule has 1 aromatic heterocycles. The number of thioether (sulfide) groups is 1. The molecule has 0 spiro atoms. The van der Waals surface area contributed by atoms with Crippen LogP contribution in [0.5, 0.6) is 0 Å². The van der Waals surface area contributed by atoms with Crippen LogP contribution in [0.2, 0.25) is 0 Å². The lowest BCUT2D eigenvalue weighted by molar-refractivity contribution is -0.140. The van der Waals surface area contributed by atoms with Gasteiger partial charge in [0.1, 0.15) is 5.25 Å². The minimum atomic E-state index is -0.124. The van der Waals surface area contributed by atoms with Crippen LogP contribution >= 0.6 is 11.8 Å². The van der Waals surface area contributed by atoms with E-state index >= 15 is 0 Å². The van der Waals surface area contributed by atoms with E-state index in [4.69, 9.17) is 4.74 Å². The van der Waals surface area contributed by atoms with Crippen LogP contribution in [-0.2, 0) is 9.53 Å². The number of ether oxygens (including phenoxy) is 1. The molecule has 1 saturated carbocycles. The van der Waals surface area contributed by atoms with Gasteiger partial charge in [0.15, 0.2) is 0 Å². The smallest absolute Gasteiger partial charge is 0.319 e. The number of nitrogens with zero attached hydrogens (tertiary/aromatic N) is 1. The van der Waals surface area contributed by atoms with Gasteiger partial charge in [-0.15, -0.1) is 0 Å². The summed E-state index contributed by atoms with van der Waals surface area (Å²) in [4.78, 5) is 16.2. The molecule has 0 N–H and O–H groups in total. The summed E-state index contributed by atoms with van der Waals surface area (Å²) in [6.07, 6.45) is 9.10. The van der Waals surface area contributed by atoms with E-state index in [-0.39, 0.29) is 11.2 Å². The van der Waals surface area contributed by atoms with Crippen molar-refractivity contribution in [2.75, 3.05) is 7.11 Å². The Morgan fingerprint density at radius 3 is 2.84 bits per heavy atom. The second kappa shape index (κ2) is 7.53. The number of pyridine rings is 1. The summed E-state index contributed by atoms with van der Waals surface area (Å²) in [5.74, 6) is 0.537. The fraction of sp³-hybridized carbons (Fsp3) is 0.600. The number of esters is 1. The minimum Gasteiger partial charge on any atom is -0.468 e. The Hall–Kier alpha value is -1.03. The molecule has 1 fully saturated rings. The van der Waals surface area contributed by atoms with E-state index in [1.54, 1.807) is 6.20 Å². The Bertz CT molecular complexity index is 390. The summed E-state index contributed by atoms with van der Waals surface area (Å²) < 4.78 is 4.94. The van der Waals surface area contributed by atoms with Crippen LogP contribution in [-0.4, -0.2) is 23.3 Å². The van der Waals surface area contributed by atoms with Crippen LogP contribution in [0.1, 0.15) is 38.5 Å². The molecule has 4 heteroatoms. The molecule has 1 aliphatic carbocycles. The average molecular weight is 279 g/mol. The second-order valence-electron chi connectivity index (χ2n) is 5.04. The molecule has 0 amide bonds. The third kappa shape index (κ3) is 4.53. The van der Waals surface area contributed by atoms with Crippen LogP contribution in [0.3, 0.4) is 0 Å². The number of carbonyl (C=O) groups excluding carboxylic acids is 1. The van der Waals surface area contributed by atoms with Gasteiger partial charge in [-0.2, -0.15) is 0 Å². The summed E-state index contributed by atoms with van der Waals surface area (Å²) in [5, 5.41) is 0.775. The van der Waals surface area contributed by atoms with Crippen molar-refractivity contribution in [1.29, 1.82) is 0 Å².